The molecule has 0 fully saturated rings. The Labute approximate surface area is 139 Å². The van der Waals surface area contributed by atoms with Crippen LogP contribution < -0.4 is 5.43 Å². The van der Waals surface area contributed by atoms with Crippen molar-refractivity contribution < 1.29 is 13.2 Å². The van der Waals surface area contributed by atoms with Crippen molar-refractivity contribution in [3.8, 4) is 0 Å². The summed E-state index contributed by atoms with van der Waals surface area (Å²) in [5, 5.41) is 6.66. The number of nitrogens with one attached hydrogen (secondary N) is 1. The van der Waals surface area contributed by atoms with Crippen molar-refractivity contribution in [1.82, 2.24) is 10.4 Å². The van der Waals surface area contributed by atoms with Gasteiger partial charge < -0.3 is 0 Å². The number of aryl methyl sites for hydroxylation is 1. The molecule has 23 heavy (non-hydrogen) atoms. The highest BCUT2D eigenvalue weighted by molar-refractivity contribution is 7.90. The molecule has 0 saturated carbocycles. The number of hydrogen-bond donors (Lipinski definition) is 1. The second-order valence-electron chi connectivity index (χ2n) is 5.09. The third-order valence-corrected chi connectivity index (χ3v) is 5.12. The van der Waals surface area contributed by atoms with Crippen LogP contribution in [0.25, 0.3) is 0 Å². The average molecular weight is 351 g/mol. The first-order chi connectivity index (χ1) is 10.8. The van der Waals surface area contributed by atoms with Gasteiger partial charge in [0.05, 0.1) is 17.0 Å². The van der Waals surface area contributed by atoms with Crippen LogP contribution in [-0.2, 0) is 21.1 Å². The van der Waals surface area contributed by atoms with Crippen molar-refractivity contribution in [2.45, 2.75) is 25.2 Å². The van der Waals surface area contributed by atoms with Gasteiger partial charge in [0, 0.05) is 17.3 Å². The van der Waals surface area contributed by atoms with Crippen molar-refractivity contribution in [3.63, 3.8) is 0 Å². The molecule has 0 aliphatic carbocycles. The Morgan fingerprint density at radius 1 is 1.30 bits per heavy atom. The largest absolute Gasteiger partial charge is 0.273 e. The highest BCUT2D eigenvalue weighted by Crippen LogP contribution is 2.11. The van der Waals surface area contributed by atoms with Gasteiger partial charge in [0.1, 0.15) is 5.01 Å². The molecule has 0 aliphatic heterocycles. The summed E-state index contributed by atoms with van der Waals surface area (Å²) >= 11 is 1.44. The fourth-order valence-corrected chi connectivity index (χ4v) is 3.22. The van der Waals surface area contributed by atoms with Gasteiger partial charge in [-0.05, 0) is 31.5 Å². The summed E-state index contributed by atoms with van der Waals surface area (Å²) in [4.78, 5) is 16.3. The van der Waals surface area contributed by atoms with Crippen LogP contribution in [0.4, 0.5) is 0 Å². The minimum atomic E-state index is -3.22. The molecule has 1 aromatic heterocycles. The van der Waals surface area contributed by atoms with E-state index in [0.29, 0.717) is 5.71 Å². The Bertz CT molecular complexity index is 837. The van der Waals surface area contributed by atoms with E-state index in [1.165, 1.54) is 23.5 Å². The van der Waals surface area contributed by atoms with Gasteiger partial charge in [-0.15, -0.1) is 11.3 Å². The van der Waals surface area contributed by atoms with Crippen LogP contribution in [0.1, 0.15) is 23.2 Å². The monoisotopic (exact) mass is 351 g/mol. The molecule has 0 aliphatic rings. The predicted octanol–water partition coefficient (Wildman–Crippen LogP) is 1.94. The molecular formula is C15H17N3O3S2. The molecule has 122 valence electrons. The molecule has 2 rings (SSSR count). The van der Waals surface area contributed by atoms with Crippen LogP contribution in [0.5, 0.6) is 0 Å². The summed E-state index contributed by atoms with van der Waals surface area (Å²) in [5.41, 5.74) is 4.70. The fraction of sp³-hybridized carbons (Fsp3) is 0.267. The maximum absolute atomic E-state index is 11.8. The van der Waals surface area contributed by atoms with E-state index < -0.39 is 9.84 Å². The van der Waals surface area contributed by atoms with E-state index in [4.69, 9.17) is 0 Å². The average Bonchev–Trinajstić information content (AvgIpc) is 2.89. The molecule has 1 amide bonds. The molecule has 6 nitrogen and oxygen atoms in total. The van der Waals surface area contributed by atoms with Gasteiger partial charge in [0.15, 0.2) is 9.84 Å². The predicted molar refractivity (Wildman–Crippen MR) is 90.5 cm³/mol. The summed E-state index contributed by atoms with van der Waals surface area (Å²) < 4.78 is 22.8. The number of rotatable bonds is 5. The smallest absolute Gasteiger partial charge is 0.246 e. The second kappa shape index (κ2) is 7.01. The maximum Gasteiger partial charge on any atom is 0.246 e. The maximum atomic E-state index is 11.8. The standard InChI is InChI=1S/C15H17N3O3S2/c1-10-9-22-15(16-10)8-14(19)18-17-11(2)12-4-6-13(7-5-12)23(3,20)21/h4-7,9H,8H2,1-3H3,(H,18,19)/b17-11-. The zero-order valence-corrected chi connectivity index (χ0v) is 14.7. The molecule has 0 bridgehead atoms. The molecule has 2 aromatic rings. The lowest BCUT2D eigenvalue weighted by molar-refractivity contribution is -0.120. The van der Waals surface area contributed by atoms with E-state index in [9.17, 15) is 13.2 Å². The van der Waals surface area contributed by atoms with Crippen LogP contribution in [0.2, 0.25) is 0 Å². The van der Waals surface area contributed by atoms with Crippen molar-refractivity contribution in [3.05, 3.63) is 45.9 Å². The SMILES string of the molecule is C/C(=N/NC(=O)Cc1nc(C)cs1)c1ccc(S(C)(=O)=O)cc1. The Morgan fingerprint density at radius 3 is 2.48 bits per heavy atom. The lowest BCUT2D eigenvalue weighted by Gasteiger charge is -2.03. The molecule has 0 atom stereocenters. The molecule has 8 heteroatoms. The summed E-state index contributed by atoms with van der Waals surface area (Å²) in [6.45, 7) is 3.61. The number of hydrazone groups is 1. The molecular weight excluding hydrogens is 334 g/mol. The van der Waals surface area contributed by atoms with Crippen molar-refractivity contribution in [2.24, 2.45) is 5.10 Å². The molecule has 1 heterocycles. The van der Waals surface area contributed by atoms with Crippen LogP contribution in [0.15, 0.2) is 39.6 Å². The lowest BCUT2D eigenvalue weighted by atomic mass is 10.1. The van der Waals surface area contributed by atoms with Gasteiger partial charge in [-0.1, -0.05) is 12.1 Å². The number of hydrogen-bond acceptors (Lipinski definition) is 6. The van der Waals surface area contributed by atoms with Gasteiger partial charge in [0.2, 0.25) is 5.91 Å². The van der Waals surface area contributed by atoms with Crippen molar-refractivity contribution >= 4 is 32.8 Å². The Hall–Kier alpha value is -2.06. The highest BCUT2D eigenvalue weighted by atomic mass is 32.2. The first kappa shape index (κ1) is 17.3. The number of carbonyl (C=O) groups excluding carboxylic acids is 1. The molecule has 0 spiro atoms. The van der Waals surface area contributed by atoms with Crippen LogP contribution in [-0.4, -0.2) is 31.3 Å². The molecule has 1 aromatic carbocycles. The fourth-order valence-electron chi connectivity index (χ4n) is 1.81. The van der Waals surface area contributed by atoms with Crippen molar-refractivity contribution in [1.29, 1.82) is 0 Å². The molecule has 0 radical (unpaired) electrons. The van der Waals surface area contributed by atoms with Gasteiger partial charge in [0.25, 0.3) is 0 Å². The van der Waals surface area contributed by atoms with Crippen LogP contribution >= 0.6 is 11.3 Å². The van der Waals surface area contributed by atoms with E-state index in [1.54, 1.807) is 19.1 Å². The van der Waals surface area contributed by atoms with Crippen LogP contribution in [0.3, 0.4) is 0 Å². The topological polar surface area (TPSA) is 88.5 Å². The summed E-state index contributed by atoms with van der Waals surface area (Å²) in [5.74, 6) is -0.244. The number of thiazole rings is 1. The minimum Gasteiger partial charge on any atom is -0.273 e. The quantitative estimate of drug-likeness (QED) is 0.658. The lowest BCUT2D eigenvalue weighted by Crippen LogP contribution is -2.21. The third kappa shape index (κ3) is 4.97. The van der Waals surface area contributed by atoms with E-state index in [2.05, 4.69) is 15.5 Å². The first-order valence-corrected chi connectivity index (χ1v) is 9.57. The molecule has 0 unspecified atom stereocenters. The minimum absolute atomic E-state index is 0.183. The number of benzene rings is 1. The normalized spacial score (nSPS) is 12.2. The zero-order chi connectivity index (χ0) is 17.0. The number of sulfone groups is 1. The Balaban J connectivity index is 2.00. The van der Waals surface area contributed by atoms with Gasteiger partial charge in [-0.2, -0.15) is 5.10 Å². The van der Waals surface area contributed by atoms with E-state index in [0.717, 1.165) is 22.5 Å². The Morgan fingerprint density at radius 2 is 1.96 bits per heavy atom. The number of nitrogens with zero attached hydrogens (tertiary/aromatic N) is 2. The molecule has 0 saturated heterocycles. The summed E-state index contributed by atoms with van der Waals surface area (Å²) in [6, 6.07) is 6.35. The van der Waals surface area contributed by atoms with Gasteiger partial charge in [-0.3, -0.25) is 4.79 Å². The van der Waals surface area contributed by atoms with E-state index in [1.807, 2.05) is 12.3 Å². The first-order valence-electron chi connectivity index (χ1n) is 6.80. The number of amides is 1. The zero-order valence-electron chi connectivity index (χ0n) is 13.0. The third-order valence-electron chi connectivity index (χ3n) is 3.03. The second-order valence-corrected chi connectivity index (χ2v) is 8.05. The van der Waals surface area contributed by atoms with E-state index in [-0.39, 0.29) is 17.2 Å². The summed E-state index contributed by atoms with van der Waals surface area (Å²) in [7, 11) is -3.22. The van der Waals surface area contributed by atoms with Gasteiger partial charge >= 0.3 is 0 Å². The molecule has 1 N–H and O–H groups in total. The van der Waals surface area contributed by atoms with E-state index >= 15 is 0 Å². The van der Waals surface area contributed by atoms with Gasteiger partial charge in [-0.25, -0.2) is 18.8 Å². The number of aromatic nitrogens is 1. The van der Waals surface area contributed by atoms with Crippen LogP contribution in [0, 0.1) is 6.92 Å². The van der Waals surface area contributed by atoms with Crippen molar-refractivity contribution in [2.75, 3.05) is 6.26 Å². The number of carbonyl (C=O) groups is 1. The Kier molecular flexibility index (Phi) is 5.27. The highest BCUT2D eigenvalue weighted by Gasteiger charge is 2.08. The summed E-state index contributed by atoms with van der Waals surface area (Å²) in [6.07, 6.45) is 1.34.